The molecule has 2 rings (SSSR count). The first-order valence-corrected chi connectivity index (χ1v) is 12.0. The maximum absolute atomic E-state index is 13.2. The van der Waals surface area contributed by atoms with Crippen LogP contribution in [-0.2, 0) is 28.9 Å². The number of halogens is 3. The molecule has 0 spiro atoms. The van der Waals surface area contributed by atoms with Crippen LogP contribution in [-0.4, -0.2) is 45.8 Å². The molecule has 1 heterocycles. The Bertz CT molecular complexity index is 924. The smallest absolute Gasteiger partial charge is 0.345 e. The number of benzene rings is 1. The van der Waals surface area contributed by atoms with E-state index in [1.807, 2.05) is 36.7 Å². The summed E-state index contributed by atoms with van der Waals surface area (Å²) < 4.78 is 41.2. The van der Waals surface area contributed by atoms with Gasteiger partial charge in [-0.25, -0.2) is 0 Å². The first-order valence-electron chi connectivity index (χ1n) is 12.0. The number of carbonyl (C=O) groups is 2. The number of aromatic nitrogens is 1. The second-order valence-electron chi connectivity index (χ2n) is 8.51. The highest BCUT2D eigenvalue weighted by Crippen LogP contribution is 2.29. The van der Waals surface area contributed by atoms with Gasteiger partial charge >= 0.3 is 6.18 Å². The lowest BCUT2D eigenvalue weighted by Gasteiger charge is -2.27. The van der Waals surface area contributed by atoms with Crippen molar-refractivity contribution < 1.29 is 22.8 Å². The van der Waals surface area contributed by atoms with Crippen LogP contribution < -0.4 is 0 Å². The Morgan fingerprint density at radius 2 is 1.71 bits per heavy atom. The van der Waals surface area contributed by atoms with E-state index in [1.54, 1.807) is 15.9 Å². The molecular weight excluding hydrogens is 443 g/mol. The van der Waals surface area contributed by atoms with Crippen molar-refractivity contribution in [3.8, 4) is 0 Å². The standard InChI is InChI=1S/C26H36F3N3O2/c1-4-7-8-15-32(25(34)20-30(6-3)24(33)11-5-2)19-23-14-10-16-31(23)18-21-12-9-13-22(17-21)26(27,28)29/h9-10,12-14,16-17H,4-8,11,15,18-20H2,1-3H3. The topological polar surface area (TPSA) is 45.6 Å². The minimum absolute atomic E-state index is 0.0280. The Labute approximate surface area is 200 Å². The van der Waals surface area contributed by atoms with E-state index in [2.05, 4.69) is 6.92 Å². The van der Waals surface area contributed by atoms with Gasteiger partial charge in [0.15, 0.2) is 0 Å². The summed E-state index contributed by atoms with van der Waals surface area (Å²) in [5.41, 5.74) is 0.704. The molecule has 5 nitrogen and oxygen atoms in total. The number of hydrogen-bond acceptors (Lipinski definition) is 2. The fourth-order valence-corrected chi connectivity index (χ4v) is 3.84. The SMILES string of the molecule is CCCCCN(Cc1cccn1Cc1cccc(C(F)(F)F)c1)C(=O)CN(CC)C(=O)CCC. The highest BCUT2D eigenvalue weighted by atomic mass is 19.4. The molecule has 2 amide bonds. The highest BCUT2D eigenvalue weighted by Gasteiger charge is 2.30. The highest BCUT2D eigenvalue weighted by molar-refractivity contribution is 5.84. The summed E-state index contributed by atoms with van der Waals surface area (Å²) in [4.78, 5) is 28.8. The van der Waals surface area contributed by atoms with Crippen molar-refractivity contribution in [3.63, 3.8) is 0 Å². The summed E-state index contributed by atoms with van der Waals surface area (Å²) in [5.74, 6) is -0.144. The third-order valence-corrected chi connectivity index (χ3v) is 5.79. The van der Waals surface area contributed by atoms with Crippen molar-refractivity contribution >= 4 is 11.8 Å². The van der Waals surface area contributed by atoms with Crippen LogP contribution in [0.25, 0.3) is 0 Å². The third kappa shape index (κ3) is 8.22. The molecule has 0 aliphatic rings. The van der Waals surface area contributed by atoms with Gasteiger partial charge in [0.2, 0.25) is 11.8 Å². The normalized spacial score (nSPS) is 11.5. The first kappa shape index (κ1) is 27.5. The molecule has 188 valence electrons. The van der Waals surface area contributed by atoms with Crippen molar-refractivity contribution in [2.24, 2.45) is 0 Å². The molecule has 34 heavy (non-hydrogen) atoms. The van der Waals surface area contributed by atoms with Crippen LogP contribution in [0.3, 0.4) is 0 Å². The summed E-state index contributed by atoms with van der Waals surface area (Å²) in [5, 5.41) is 0. The van der Waals surface area contributed by atoms with Crippen molar-refractivity contribution in [1.82, 2.24) is 14.4 Å². The van der Waals surface area contributed by atoms with E-state index in [9.17, 15) is 22.8 Å². The van der Waals surface area contributed by atoms with Gasteiger partial charge in [0.1, 0.15) is 0 Å². The number of nitrogens with zero attached hydrogens (tertiary/aromatic N) is 3. The molecule has 0 bridgehead atoms. The molecule has 0 saturated carbocycles. The molecular formula is C26H36F3N3O2. The Hall–Kier alpha value is -2.77. The van der Waals surface area contributed by atoms with Crippen LogP contribution in [0.2, 0.25) is 0 Å². The fourth-order valence-electron chi connectivity index (χ4n) is 3.84. The van der Waals surface area contributed by atoms with Crippen LogP contribution in [0.5, 0.6) is 0 Å². The molecule has 0 radical (unpaired) electrons. The van der Waals surface area contributed by atoms with Gasteiger partial charge in [-0.1, -0.05) is 38.8 Å². The predicted octanol–water partition coefficient (Wildman–Crippen LogP) is 5.72. The molecule has 0 atom stereocenters. The van der Waals surface area contributed by atoms with E-state index in [1.165, 1.54) is 6.07 Å². The van der Waals surface area contributed by atoms with Crippen LogP contribution in [0, 0.1) is 0 Å². The average Bonchev–Trinajstić information content (AvgIpc) is 3.22. The van der Waals surface area contributed by atoms with Gasteiger partial charge in [0.25, 0.3) is 0 Å². The van der Waals surface area contributed by atoms with Gasteiger partial charge in [-0.15, -0.1) is 0 Å². The minimum atomic E-state index is -4.39. The quantitative estimate of drug-likeness (QED) is 0.345. The molecule has 0 fully saturated rings. The largest absolute Gasteiger partial charge is 0.416 e. The van der Waals surface area contributed by atoms with Crippen molar-refractivity contribution in [2.75, 3.05) is 19.6 Å². The molecule has 1 aromatic carbocycles. The van der Waals surface area contributed by atoms with Crippen LogP contribution >= 0.6 is 0 Å². The maximum Gasteiger partial charge on any atom is 0.416 e. The average molecular weight is 480 g/mol. The van der Waals surface area contributed by atoms with E-state index in [-0.39, 0.29) is 24.9 Å². The van der Waals surface area contributed by atoms with Gasteiger partial charge < -0.3 is 14.4 Å². The van der Waals surface area contributed by atoms with Crippen LogP contribution in [0.1, 0.15) is 69.7 Å². The molecule has 0 aliphatic carbocycles. The zero-order chi connectivity index (χ0) is 25.1. The van der Waals surface area contributed by atoms with Gasteiger partial charge in [-0.2, -0.15) is 13.2 Å². The van der Waals surface area contributed by atoms with Crippen molar-refractivity contribution in [3.05, 3.63) is 59.4 Å². The maximum atomic E-state index is 13.2. The number of amides is 2. The Morgan fingerprint density at radius 3 is 2.35 bits per heavy atom. The van der Waals surface area contributed by atoms with E-state index < -0.39 is 11.7 Å². The van der Waals surface area contributed by atoms with Crippen LogP contribution in [0.4, 0.5) is 13.2 Å². The second kappa shape index (κ2) is 13.2. The first-order chi connectivity index (χ1) is 16.2. The number of unbranched alkanes of at least 4 members (excludes halogenated alkanes) is 2. The van der Waals surface area contributed by atoms with Gasteiger partial charge in [0.05, 0.1) is 18.7 Å². The van der Waals surface area contributed by atoms with Gasteiger partial charge in [0, 0.05) is 37.9 Å². The molecule has 0 unspecified atom stereocenters. The Balaban J connectivity index is 2.17. The lowest BCUT2D eigenvalue weighted by atomic mass is 10.1. The fraction of sp³-hybridized carbons (Fsp3) is 0.538. The predicted molar refractivity (Wildman–Crippen MR) is 127 cm³/mol. The van der Waals surface area contributed by atoms with E-state index in [4.69, 9.17) is 0 Å². The number of carbonyl (C=O) groups excluding carboxylic acids is 2. The molecule has 2 aromatic rings. The summed E-state index contributed by atoms with van der Waals surface area (Å²) in [6.45, 7) is 7.59. The van der Waals surface area contributed by atoms with E-state index >= 15 is 0 Å². The monoisotopic (exact) mass is 479 g/mol. The summed E-state index contributed by atoms with van der Waals surface area (Å²) in [6, 6.07) is 9.02. The minimum Gasteiger partial charge on any atom is -0.345 e. The zero-order valence-electron chi connectivity index (χ0n) is 20.4. The Morgan fingerprint density at radius 1 is 0.941 bits per heavy atom. The Kier molecular flexibility index (Phi) is 10.7. The second-order valence-corrected chi connectivity index (χ2v) is 8.51. The summed E-state index contributed by atoms with van der Waals surface area (Å²) in [6.07, 6.45) is 1.42. The number of hydrogen-bond donors (Lipinski definition) is 0. The number of likely N-dealkylation sites (N-methyl/N-ethyl adjacent to an activating group) is 1. The lowest BCUT2D eigenvalue weighted by Crippen LogP contribution is -2.43. The molecule has 8 heteroatoms. The number of rotatable bonds is 13. The third-order valence-electron chi connectivity index (χ3n) is 5.79. The molecule has 0 aliphatic heterocycles. The van der Waals surface area contributed by atoms with Crippen molar-refractivity contribution in [2.45, 2.75) is 72.1 Å². The van der Waals surface area contributed by atoms with E-state index in [0.29, 0.717) is 31.6 Å². The lowest BCUT2D eigenvalue weighted by molar-refractivity contribution is -0.140. The van der Waals surface area contributed by atoms with E-state index in [0.717, 1.165) is 43.5 Å². The number of alkyl halides is 3. The van der Waals surface area contributed by atoms with Crippen LogP contribution in [0.15, 0.2) is 42.6 Å². The van der Waals surface area contributed by atoms with Gasteiger partial charge in [-0.3, -0.25) is 9.59 Å². The molecule has 0 N–H and O–H groups in total. The van der Waals surface area contributed by atoms with Crippen molar-refractivity contribution in [1.29, 1.82) is 0 Å². The summed E-state index contributed by atoms with van der Waals surface area (Å²) >= 11 is 0. The molecule has 1 aromatic heterocycles. The molecule has 0 saturated heterocycles. The summed E-state index contributed by atoms with van der Waals surface area (Å²) in [7, 11) is 0. The zero-order valence-corrected chi connectivity index (χ0v) is 20.4. The van der Waals surface area contributed by atoms with Gasteiger partial charge in [-0.05, 0) is 49.6 Å².